The number of aliphatic carboxylic acids is 4. The molecule has 0 aromatic heterocycles. The van der Waals surface area contributed by atoms with E-state index >= 15 is 0 Å². The number of benzene rings is 2. The quantitative estimate of drug-likeness (QED) is 0.239. The summed E-state index contributed by atoms with van der Waals surface area (Å²) in [5.74, 6) is -6.73. The summed E-state index contributed by atoms with van der Waals surface area (Å²) >= 11 is 18.9. The fourth-order valence-corrected chi connectivity index (χ4v) is 3.73. The number of carboxylic acid groups (broad SMARTS) is 4. The molecule has 200 valence electrons. The number of hydrogen-bond donors (Lipinski definition) is 4. The number of alkyl halides is 3. The molecule has 0 atom stereocenters. The molecule has 0 amide bonds. The summed E-state index contributed by atoms with van der Waals surface area (Å²) in [5.41, 5.74) is 0.201. The Morgan fingerprint density at radius 3 is 1.24 bits per heavy atom. The van der Waals surface area contributed by atoms with Gasteiger partial charge in [0, 0.05) is 23.3 Å². The van der Waals surface area contributed by atoms with Crippen LogP contribution in [0.25, 0.3) is 0 Å². The standard InChI is InChI=1S/C22H19Cl3O12/c23-22(24,25)21(13-3-1-11(34-7-17(26)27)5-15(13)36-9-19(30)31)14-4-2-12(35-8-18(28)29)6-16(14)37-10-20(32)33/h1-6,21H,7-10H2,(H,26,27)(H,28,29)(H,30,31)(H,32,33). The molecule has 0 saturated heterocycles. The predicted molar refractivity (Wildman–Crippen MR) is 128 cm³/mol. The number of carbonyl (C=O) groups is 4. The molecule has 0 bridgehead atoms. The van der Waals surface area contributed by atoms with Crippen LogP contribution < -0.4 is 18.9 Å². The van der Waals surface area contributed by atoms with Crippen LogP contribution in [0.4, 0.5) is 0 Å². The van der Waals surface area contributed by atoms with Crippen molar-refractivity contribution in [3.8, 4) is 23.0 Å². The van der Waals surface area contributed by atoms with E-state index in [9.17, 15) is 19.2 Å². The highest BCUT2D eigenvalue weighted by Gasteiger charge is 2.39. The van der Waals surface area contributed by atoms with Crippen LogP contribution >= 0.6 is 34.8 Å². The number of rotatable bonds is 14. The first-order valence-corrected chi connectivity index (χ1v) is 11.1. The first-order valence-electron chi connectivity index (χ1n) is 10.0. The maximum Gasteiger partial charge on any atom is 0.341 e. The van der Waals surface area contributed by atoms with E-state index in [-0.39, 0.29) is 34.1 Å². The Kier molecular flexibility index (Phi) is 10.5. The van der Waals surface area contributed by atoms with Crippen molar-refractivity contribution in [2.24, 2.45) is 0 Å². The highest BCUT2D eigenvalue weighted by atomic mass is 35.6. The van der Waals surface area contributed by atoms with E-state index in [2.05, 4.69) is 0 Å². The molecule has 4 N–H and O–H groups in total. The van der Waals surface area contributed by atoms with Gasteiger partial charge in [-0.15, -0.1) is 0 Å². The lowest BCUT2D eigenvalue weighted by atomic mass is 9.90. The van der Waals surface area contributed by atoms with Crippen LogP contribution in [-0.2, 0) is 19.2 Å². The fraction of sp³-hybridized carbons (Fsp3) is 0.273. The second-order valence-corrected chi connectivity index (χ2v) is 9.47. The molecule has 2 aromatic carbocycles. The number of hydrogen-bond acceptors (Lipinski definition) is 8. The first kappa shape index (κ1) is 29.6. The predicted octanol–water partition coefficient (Wildman–Crippen LogP) is 3.04. The van der Waals surface area contributed by atoms with Gasteiger partial charge in [-0.1, -0.05) is 46.9 Å². The average Bonchev–Trinajstić information content (AvgIpc) is 2.79. The zero-order chi connectivity index (χ0) is 27.8. The largest absolute Gasteiger partial charge is 0.482 e. The van der Waals surface area contributed by atoms with Crippen LogP contribution in [0.5, 0.6) is 23.0 Å². The van der Waals surface area contributed by atoms with Gasteiger partial charge in [0.2, 0.25) is 3.79 Å². The van der Waals surface area contributed by atoms with E-state index in [4.69, 9.17) is 74.2 Å². The molecule has 2 rings (SSSR count). The van der Waals surface area contributed by atoms with Gasteiger partial charge in [-0.2, -0.15) is 0 Å². The Balaban J connectivity index is 2.65. The van der Waals surface area contributed by atoms with Crippen molar-refractivity contribution >= 4 is 58.7 Å². The molecule has 2 aromatic rings. The van der Waals surface area contributed by atoms with Gasteiger partial charge in [0.05, 0.1) is 5.92 Å². The molecule has 0 fully saturated rings. The summed E-state index contributed by atoms with van der Waals surface area (Å²) in [5, 5.41) is 35.8. The third-order valence-corrected chi connectivity index (χ3v) is 5.00. The highest BCUT2D eigenvalue weighted by molar-refractivity contribution is 6.68. The number of halogens is 3. The Hall–Kier alpha value is -3.61. The molecule has 0 radical (unpaired) electrons. The minimum Gasteiger partial charge on any atom is -0.482 e. The van der Waals surface area contributed by atoms with Crippen LogP contribution in [0, 0.1) is 0 Å². The Bertz CT molecular complexity index is 1080. The van der Waals surface area contributed by atoms with Gasteiger partial charge < -0.3 is 39.4 Å². The van der Waals surface area contributed by atoms with Crippen molar-refractivity contribution in [2.45, 2.75) is 9.71 Å². The molecular weight excluding hydrogens is 563 g/mol. The average molecular weight is 582 g/mol. The minimum absolute atomic E-state index is 0.00868. The zero-order valence-corrected chi connectivity index (χ0v) is 20.8. The second-order valence-electron chi connectivity index (χ2n) is 7.10. The lowest BCUT2D eigenvalue weighted by molar-refractivity contribution is -0.140. The SMILES string of the molecule is O=C(O)COc1ccc(C(c2ccc(OCC(=O)O)cc2OCC(=O)O)C(Cl)(Cl)Cl)c(OCC(=O)O)c1. The van der Waals surface area contributed by atoms with Gasteiger partial charge in [-0.25, -0.2) is 19.2 Å². The van der Waals surface area contributed by atoms with Crippen LogP contribution in [0.1, 0.15) is 17.0 Å². The summed E-state index contributed by atoms with van der Waals surface area (Å²) < 4.78 is 18.8. The van der Waals surface area contributed by atoms with Gasteiger partial charge in [-0.3, -0.25) is 0 Å². The van der Waals surface area contributed by atoms with Crippen molar-refractivity contribution < 1.29 is 58.6 Å². The van der Waals surface area contributed by atoms with Gasteiger partial charge in [0.15, 0.2) is 26.4 Å². The van der Waals surface area contributed by atoms with E-state index in [0.29, 0.717) is 0 Å². The van der Waals surface area contributed by atoms with Gasteiger partial charge in [-0.05, 0) is 12.1 Å². The normalized spacial score (nSPS) is 11.0. The zero-order valence-electron chi connectivity index (χ0n) is 18.6. The van der Waals surface area contributed by atoms with E-state index in [1.807, 2.05) is 0 Å². The molecule has 12 nitrogen and oxygen atoms in total. The third kappa shape index (κ3) is 9.41. The Morgan fingerprint density at radius 1 is 0.622 bits per heavy atom. The maximum absolute atomic E-state index is 11.1. The molecule has 37 heavy (non-hydrogen) atoms. The molecule has 0 saturated carbocycles. The molecule has 15 heteroatoms. The van der Waals surface area contributed by atoms with Crippen molar-refractivity contribution in [3.05, 3.63) is 47.5 Å². The lowest BCUT2D eigenvalue weighted by Gasteiger charge is -2.29. The number of ether oxygens (including phenoxy) is 4. The van der Waals surface area contributed by atoms with E-state index in [1.165, 1.54) is 36.4 Å². The summed E-state index contributed by atoms with van der Waals surface area (Å²) in [6.45, 7) is -3.02. The smallest absolute Gasteiger partial charge is 0.341 e. The van der Waals surface area contributed by atoms with Gasteiger partial charge >= 0.3 is 23.9 Å². The molecule has 0 aliphatic carbocycles. The summed E-state index contributed by atoms with van der Waals surface area (Å²) in [7, 11) is 0. The molecule has 0 heterocycles. The van der Waals surface area contributed by atoms with Crippen LogP contribution in [0.15, 0.2) is 36.4 Å². The van der Waals surface area contributed by atoms with Gasteiger partial charge in [0.1, 0.15) is 23.0 Å². The van der Waals surface area contributed by atoms with Crippen molar-refractivity contribution in [1.82, 2.24) is 0 Å². The van der Waals surface area contributed by atoms with E-state index in [0.717, 1.165) is 0 Å². The van der Waals surface area contributed by atoms with Crippen molar-refractivity contribution in [3.63, 3.8) is 0 Å². The molecular formula is C22H19Cl3O12. The Morgan fingerprint density at radius 2 is 0.946 bits per heavy atom. The lowest BCUT2D eigenvalue weighted by Crippen LogP contribution is -2.22. The monoisotopic (exact) mass is 580 g/mol. The molecule has 0 aliphatic heterocycles. The summed E-state index contributed by atoms with van der Waals surface area (Å²) in [6, 6.07) is 7.75. The second kappa shape index (κ2) is 13.1. The summed E-state index contributed by atoms with van der Waals surface area (Å²) in [6.07, 6.45) is 0. The van der Waals surface area contributed by atoms with E-state index in [1.54, 1.807) is 0 Å². The maximum atomic E-state index is 11.1. The van der Waals surface area contributed by atoms with Crippen LogP contribution in [0.2, 0.25) is 0 Å². The Labute approximate surface area is 223 Å². The van der Waals surface area contributed by atoms with Crippen LogP contribution in [0.3, 0.4) is 0 Å². The minimum atomic E-state index is -2.16. The third-order valence-electron chi connectivity index (χ3n) is 4.35. The topological polar surface area (TPSA) is 186 Å². The van der Waals surface area contributed by atoms with Crippen molar-refractivity contribution in [1.29, 1.82) is 0 Å². The first-order chi connectivity index (χ1) is 17.3. The molecule has 0 spiro atoms. The fourth-order valence-electron chi connectivity index (χ4n) is 3.03. The molecule has 0 unspecified atom stereocenters. The van der Waals surface area contributed by atoms with Crippen molar-refractivity contribution in [2.75, 3.05) is 26.4 Å². The highest BCUT2D eigenvalue weighted by Crippen LogP contribution is 2.51. The summed E-state index contributed by atoms with van der Waals surface area (Å²) in [4.78, 5) is 43.9. The van der Waals surface area contributed by atoms with Crippen LogP contribution in [-0.4, -0.2) is 74.5 Å². The molecule has 0 aliphatic rings. The van der Waals surface area contributed by atoms with Gasteiger partial charge in [0.25, 0.3) is 0 Å². The van der Waals surface area contributed by atoms with E-state index < -0.39 is 60.0 Å². The number of carboxylic acids is 4.